The Kier molecular flexibility index (Phi) is 5.45. The predicted octanol–water partition coefficient (Wildman–Crippen LogP) is 5.59. The zero-order valence-electron chi connectivity index (χ0n) is 16.2. The van der Waals surface area contributed by atoms with Gasteiger partial charge in [-0.25, -0.2) is 9.67 Å². The van der Waals surface area contributed by atoms with Gasteiger partial charge in [0.25, 0.3) is 5.91 Å². The van der Waals surface area contributed by atoms with Crippen LogP contribution >= 0.6 is 11.3 Å². The maximum absolute atomic E-state index is 13.2. The minimum absolute atomic E-state index is 0.0460. The number of carbonyl (C=O) groups is 1. The van der Waals surface area contributed by atoms with E-state index in [4.69, 9.17) is 4.98 Å². The van der Waals surface area contributed by atoms with E-state index in [0.717, 1.165) is 4.88 Å². The highest BCUT2D eigenvalue weighted by atomic mass is 32.1. The Morgan fingerprint density at radius 2 is 2.00 bits per heavy atom. The van der Waals surface area contributed by atoms with Crippen LogP contribution in [0.4, 0.5) is 14.5 Å². The summed E-state index contributed by atoms with van der Waals surface area (Å²) in [5, 5.41) is 9.56. The smallest absolute Gasteiger partial charge is 0.387 e. The monoisotopic (exact) mass is 428 g/mol. The molecule has 0 saturated carbocycles. The van der Waals surface area contributed by atoms with Crippen LogP contribution in [0, 0.1) is 0 Å². The van der Waals surface area contributed by atoms with Gasteiger partial charge in [0.05, 0.1) is 33.4 Å². The summed E-state index contributed by atoms with van der Waals surface area (Å²) in [6, 6.07) is 11.6. The highest BCUT2D eigenvalue weighted by Crippen LogP contribution is 2.31. The number of ether oxygens (including phenoxy) is 1. The van der Waals surface area contributed by atoms with Crippen molar-refractivity contribution in [1.82, 2.24) is 14.8 Å². The molecule has 154 valence electrons. The van der Waals surface area contributed by atoms with Crippen molar-refractivity contribution in [3.05, 3.63) is 59.6 Å². The number of alkyl halides is 2. The number of fused-ring (bicyclic) bond motifs is 1. The molecule has 0 fully saturated rings. The molecule has 1 amide bonds. The molecule has 1 N–H and O–H groups in total. The molecule has 1 aromatic carbocycles. The topological polar surface area (TPSA) is 69.0 Å². The lowest BCUT2D eigenvalue weighted by molar-refractivity contribution is -0.0493. The number of nitrogens with one attached hydrogen (secondary N) is 1. The Balaban J connectivity index is 1.79. The van der Waals surface area contributed by atoms with Crippen molar-refractivity contribution >= 4 is 34.0 Å². The number of amides is 1. The average Bonchev–Trinajstić information content (AvgIpc) is 3.38. The predicted molar refractivity (Wildman–Crippen MR) is 112 cm³/mol. The molecule has 0 spiro atoms. The lowest BCUT2D eigenvalue weighted by atomic mass is 10.1. The number of para-hydroxylation sites is 2. The van der Waals surface area contributed by atoms with Gasteiger partial charge in [0, 0.05) is 6.04 Å². The van der Waals surface area contributed by atoms with Crippen molar-refractivity contribution in [2.75, 3.05) is 5.32 Å². The molecule has 0 bridgehead atoms. The zero-order valence-corrected chi connectivity index (χ0v) is 17.0. The summed E-state index contributed by atoms with van der Waals surface area (Å²) in [6.45, 7) is 0.957. The SMILES string of the molecule is CC(C)n1ncc2c(C(=O)Nc3ccccc3OC(F)F)cc(-c3cccs3)nc21. The van der Waals surface area contributed by atoms with Crippen molar-refractivity contribution in [2.45, 2.75) is 26.5 Å². The third-order valence-electron chi connectivity index (χ3n) is 4.43. The second-order valence-electron chi connectivity index (χ2n) is 6.78. The summed E-state index contributed by atoms with van der Waals surface area (Å²) in [4.78, 5) is 18.8. The molecule has 4 aromatic rings. The molecule has 9 heteroatoms. The lowest BCUT2D eigenvalue weighted by Crippen LogP contribution is -2.15. The van der Waals surface area contributed by atoms with Crippen LogP contribution in [0.3, 0.4) is 0 Å². The molecule has 0 radical (unpaired) electrons. The zero-order chi connectivity index (χ0) is 21.3. The number of hydrogen-bond acceptors (Lipinski definition) is 5. The number of thiophene rings is 1. The van der Waals surface area contributed by atoms with Gasteiger partial charge in [-0.15, -0.1) is 11.3 Å². The van der Waals surface area contributed by atoms with Crippen LogP contribution < -0.4 is 10.1 Å². The van der Waals surface area contributed by atoms with Gasteiger partial charge in [-0.2, -0.15) is 13.9 Å². The number of rotatable bonds is 6. The Bertz CT molecular complexity index is 1190. The van der Waals surface area contributed by atoms with Crippen molar-refractivity contribution < 1.29 is 18.3 Å². The van der Waals surface area contributed by atoms with Gasteiger partial charge in [-0.05, 0) is 43.5 Å². The average molecular weight is 428 g/mol. The third-order valence-corrected chi connectivity index (χ3v) is 5.32. The molecule has 0 aliphatic carbocycles. The Hall–Kier alpha value is -3.33. The van der Waals surface area contributed by atoms with Crippen LogP contribution in [0.1, 0.15) is 30.2 Å². The molecule has 0 saturated heterocycles. The fourth-order valence-corrected chi connectivity index (χ4v) is 3.78. The first-order valence-corrected chi connectivity index (χ1v) is 10.1. The van der Waals surface area contributed by atoms with Gasteiger partial charge < -0.3 is 10.1 Å². The first kappa shape index (κ1) is 20.0. The summed E-state index contributed by atoms with van der Waals surface area (Å²) in [5.74, 6) is -0.573. The summed E-state index contributed by atoms with van der Waals surface area (Å²) < 4.78 is 31.7. The Labute approximate surface area is 175 Å². The van der Waals surface area contributed by atoms with E-state index in [9.17, 15) is 13.6 Å². The highest BCUT2D eigenvalue weighted by Gasteiger charge is 2.20. The maximum atomic E-state index is 13.2. The van der Waals surface area contributed by atoms with Crippen LogP contribution in [0.15, 0.2) is 54.0 Å². The molecule has 0 atom stereocenters. The number of nitrogens with zero attached hydrogens (tertiary/aromatic N) is 3. The van der Waals surface area contributed by atoms with Gasteiger partial charge in [-0.1, -0.05) is 18.2 Å². The highest BCUT2D eigenvalue weighted by molar-refractivity contribution is 7.13. The van der Waals surface area contributed by atoms with Crippen molar-refractivity contribution in [3.8, 4) is 16.3 Å². The van der Waals surface area contributed by atoms with E-state index in [1.54, 1.807) is 29.1 Å². The normalized spacial score (nSPS) is 11.4. The largest absolute Gasteiger partial charge is 0.433 e. The molecule has 0 unspecified atom stereocenters. The van der Waals surface area contributed by atoms with Gasteiger partial charge >= 0.3 is 6.61 Å². The van der Waals surface area contributed by atoms with Gasteiger partial charge in [0.15, 0.2) is 5.65 Å². The standard InChI is InChI=1S/C21H18F2N4O2S/c1-12(2)27-19-14(11-24-27)13(10-16(25-19)18-8-5-9-30-18)20(28)26-15-6-3-4-7-17(15)29-21(22)23/h3-12,21H,1-2H3,(H,26,28). The Morgan fingerprint density at radius 3 is 2.70 bits per heavy atom. The maximum Gasteiger partial charge on any atom is 0.387 e. The fourth-order valence-electron chi connectivity index (χ4n) is 3.09. The molecular weight excluding hydrogens is 410 g/mol. The van der Waals surface area contributed by atoms with Crippen LogP contribution in [0.5, 0.6) is 5.75 Å². The second-order valence-corrected chi connectivity index (χ2v) is 7.73. The number of benzene rings is 1. The quantitative estimate of drug-likeness (QED) is 0.434. The second kappa shape index (κ2) is 8.19. The van der Waals surface area contributed by atoms with E-state index in [-0.39, 0.29) is 17.5 Å². The molecule has 0 aliphatic heterocycles. The summed E-state index contributed by atoms with van der Waals surface area (Å²) in [7, 11) is 0. The van der Waals surface area contributed by atoms with E-state index >= 15 is 0 Å². The molecule has 3 aromatic heterocycles. The first-order valence-electron chi connectivity index (χ1n) is 9.21. The minimum atomic E-state index is -3.00. The van der Waals surface area contributed by atoms with E-state index in [2.05, 4.69) is 15.2 Å². The summed E-state index contributed by atoms with van der Waals surface area (Å²) in [6.07, 6.45) is 1.59. The van der Waals surface area contributed by atoms with Crippen molar-refractivity contribution in [2.24, 2.45) is 0 Å². The number of pyridine rings is 1. The summed E-state index contributed by atoms with van der Waals surface area (Å²) >= 11 is 1.51. The van der Waals surface area contributed by atoms with Crippen molar-refractivity contribution in [3.63, 3.8) is 0 Å². The van der Waals surface area contributed by atoms with E-state index < -0.39 is 12.5 Å². The molecule has 30 heavy (non-hydrogen) atoms. The van der Waals surface area contributed by atoms with Crippen LogP contribution in [0.2, 0.25) is 0 Å². The van der Waals surface area contributed by atoms with Crippen LogP contribution in [-0.4, -0.2) is 27.3 Å². The Morgan fingerprint density at radius 1 is 1.20 bits per heavy atom. The van der Waals surface area contributed by atoms with E-state index in [1.165, 1.54) is 23.5 Å². The van der Waals surface area contributed by atoms with Crippen LogP contribution in [0.25, 0.3) is 21.6 Å². The molecule has 4 rings (SSSR count). The lowest BCUT2D eigenvalue weighted by Gasteiger charge is -2.13. The molecule has 6 nitrogen and oxygen atoms in total. The van der Waals surface area contributed by atoms with Gasteiger partial charge in [0.2, 0.25) is 0 Å². The minimum Gasteiger partial charge on any atom is -0.433 e. The molecule has 0 aliphatic rings. The number of anilines is 1. The van der Waals surface area contributed by atoms with Gasteiger partial charge in [-0.3, -0.25) is 4.79 Å². The fraction of sp³-hybridized carbons (Fsp3) is 0.190. The van der Waals surface area contributed by atoms with E-state index in [1.807, 2.05) is 31.4 Å². The molecular formula is C21H18F2N4O2S. The summed E-state index contributed by atoms with van der Waals surface area (Å²) in [5.41, 5.74) is 1.73. The van der Waals surface area contributed by atoms with Crippen LogP contribution in [-0.2, 0) is 0 Å². The number of aromatic nitrogens is 3. The van der Waals surface area contributed by atoms with Crippen molar-refractivity contribution in [1.29, 1.82) is 0 Å². The number of hydrogen-bond donors (Lipinski definition) is 1. The third kappa shape index (κ3) is 3.88. The number of halogens is 2. The molecule has 3 heterocycles. The number of carbonyl (C=O) groups excluding carboxylic acids is 1. The first-order chi connectivity index (χ1) is 14.4. The van der Waals surface area contributed by atoms with Gasteiger partial charge in [0.1, 0.15) is 5.75 Å². The van der Waals surface area contributed by atoms with E-state index in [0.29, 0.717) is 22.3 Å².